The predicted molar refractivity (Wildman–Crippen MR) is 80.3 cm³/mol. The summed E-state index contributed by atoms with van der Waals surface area (Å²) in [6.07, 6.45) is 3.40. The molecule has 0 fully saturated rings. The van der Waals surface area contributed by atoms with Crippen LogP contribution in [0.2, 0.25) is 0 Å². The molecule has 0 aliphatic carbocycles. The number of rotatable bonds is 2. The number of para-hydroxylation sites is 1. The number of pyridine rings is 1. The minimum Gasteiger partial charge on any atom is -0.248 e. The molecule has 1 aromatic carbocycles. The lowest BCUT2D eigenvalue weighted by atomic mass is 10.2. The van der Waals surface area contributed by atoms with Crippen molar-refractivity contribution in [1.29, 1.82) is 0 Å². The van der Waals surface area contributed by atoms with Crippen LogP contribution < -0.4 is 0 Å². The molecule has 2 aromatic heterocycles. The van der Waals surface area contributed by atoms with Crippen molar-refractivity contribution < 1.29 is 0 Å². The Bertz CT molecular complexity index is 740. The minimum absolute atomic E-state index is 0.934. The van der Waals surface area contributed by atoms with Crippen LogP contribution in [0.3, 0.4) is 0 Å². The first-order valence-corrected chi connectivity index (χ1v) is 7.35. The second-order valence-electron chi connectivity index (χ2n) is 4.07. The largest absolute Gasteiger partial charge is 0.248 e. The van der Waals surface area contributed by atoms with E-state index in [2.05, 4.69) is 36.9 Å². The molecule has 5 heteroatoms. The monoisotopic (exact) mass is 331 g/mol. The Kier molecular flexibility index (Phi) is 3.48. The van der Waals surface area contributed by atoms with E-state index >= 15 is 0 Å². The van der Waals surface area contributed by atoms with Crippen LogP contribution in [0.25, 0.3) is 10.9 Å². The topological polar surface area (TPSA) is 38.7 Å². The summed E-state index contributed by atoms with van der Waals surface area (Å²) in [5.41, 5.74) is 2.08. The number of halogens is 1. The van der Waals surface area contributed by atoms with Gasteiger partial charge in [-0.05, 0) is 52.3 Å². The second kappa shape index (κ2) is 5.27. The molecule has 0 aliphatic rings. The summed E-state index contributed by atoms with van der Waals surface area (Å²) in [6.45, 7) is 2.05. The fraction of sp³-hybridized carbons (Fsp3) is 0.0714. The van der Waals surface area contributed by atoms with Crippen LogP contribution in [-0.2, 0) is 0 Å². The normalized spacial score (nSPS) is 10.8. The number of hydrogen-bond acceptors (Lipinski definition) is 4. The quantitative estimate of drug-likeness (QED) is 0.658. The van der Waals surface area contributed by atoms with Gasteiger partial charge in [0.2, 0.25) is 0 Å². The molecule has 94 valence electrons. The molecule has 3 nitrogen and oxygen atoms in total. The predicted octanol–water partition coefficient (Wildman–Crippen LogP) is 4.25. The van der Waals surface area contributed by atoms with Crippen LogP contribution >= 0.6 is 27.7 Å². The highest BCUT2D eigenvalue weighted by molar-refractivity contribution is 9.10. The third-order valence-electron chi connectivity index (χ3n) is 2.70. The molecule has 0 saturated carbocycles. The third-order valence-corrected chi connectivity index (χ3v) is 4.27. The van der Waals surface area contributed by atoms with Gasteiger partial charge in [-0.15, -0.1) is 0 Å². The van der Waals surface area contributed by atoms with Gasteiger partial charge in [-0.2, -0.15) is 0 Å². The number of benzene rings is 1. The Labute approximate surface area is 123 Å². The van der Waals surface area contributed by atoms with Gasteiger partial charge in [0.1, 0.15) is 16.4 Å². The van der Waals surface area contributed by atoms with Crippen molar-refractivity contribution in [2.75, 3.05) is 0 Å². The lowest BCUT2D eigenvalue weighted by Gasteiger charge is -2.06. The van der Waals surface area contributed by atoms with E-state index in [-0.39, 0.29) is 0 Å². The summed E-state index contributed by atoms with van der Waals surface area (Å²) in [5, 5.41) is 2.95. The average molecular weight is 332 g/mol. The number of fused-ring (bicyclic) bond motifs is 1. The Morgan fingerprint density at radius 3 is 2.74 bits per heavy atom. The smallest absolute Gasteiger partial charge is 0.117 e. The zero-order valence-corrected chi connectivity index (χ0v) is 12.6. The van der Waals surface area contributed by atoms with E-state index in [1.165, 1.54) is 0 Å². The maximum atomic E-state index is 4.44. The molecule has 0 aliphatic heterocycles. The Hall–Kier alpha value is -1.46. The molecule has 3 rings (SSSR count). The van der Waals surface area contributed by atoms with Gasteiger partial charge < -0.3 is 0 Å². The Morgan fingerprint density at radius 1 is 1.05 bits per heavy atom. The molecule has 0 radical (unpaired) electrons. The first-order chi connectivity index (χ1) is 9.24. The molecule has 19 heavy (non-hydrogen) atoms. The standard InChI is InChI=1S/C14H10BrN3S/c1-9-6-10(15)7-16-13(9)19-14-11-4-2-3-5-12(11)17-8-18-14/h2-8H,1H3. The van der Waals surface area contributed by atoms with Crippen molar-refractivity contribution in [3.63, 3.8) is 0 Å². The van der Waals surface area contributed by atoms with Gasteiger partial charge >= 0.3 is 0 Å². The van der Waals surface area contributed by atoms with Crippen LogP contribution in [0, 0.1) is 6.92 Å². The van der Waals surface area contributed by atoms with Crippen LogP contribution in [0.1, 0.15) is 5.56 Å². The molecule has 2 heterocycles. The molecule has 3 aromatic rings. The highest BCUT2D eigenvalue weighted by Gasteiger charge is 2.08. The highest BCUT2D eigenvalue weighted by Crippen LogP contribution is 2.32. The van der Waals surface area contributed by atoms with E-state index in [1.54, 1.807) is 24.3 Å². The Morgan fingerprint density at radius 2 is 1.89 bits per heavy atom. The van der Waals surface area contributed by atoms with Crippen molar-refractivity contribution in [2.45, 2.75) is 17.0 Å². The summed E-state index contributed by atoms with van der Waals surface area (Å²) < 4.78 is 0.988. The average Bonchev–Trinajstić information content (AvgIpc) is 2.42. The Balaban J connectivity index is 2.06. The highest BCUT2D eigenvalue weighted by atomic mass is 79.9. The summed E-state index contributed by atoms with van der Waals surface area (Å²) in [5.74, 6) is 0. The zero-order chi connectivity index (χ0) is 13.2. The number of nitrogens with zero attached hydrogens (tertiary/aromatic N) is 3. The van der Waals surface area contributed by atoms with Crippen molar-refractivity contribution >= 4 is 38.6 Å². The van der Waals surface area contributed by atoms with E-state index < -0.39 is 0 Å². The van der Waals surface area contributed by atoms with Gasteiger partial charge in [-0.1, -0.05) is 18.2 Å². The van der Waals surface area contributed by atoms with Gasteiger partial charge in [0.05, 0.1) is 5.52 Å². The molecular weight excluding hydrogens is 322 g/mol. The van der Waals surface area contributed by atoms with Crippen molar-refractivity contribution in [3.8, 4) is 0 Å². The number of aryl methyl sites for hydroxylation is 1. The van der Waals surface area contributed by atoms with Crippen molar-refractivity contribution in [3.05, 3.63) is 52.9 Å². The molecular formula is C14H10BrN3S. The maximum absolute atomic E-state index is 4.44. The maximum Gasteiger partial charge on any atom is 0.117 e. The van der Waals surface area contributed by atoms with Gasteiger partial charge in [0.15, 0.2) is 0 Å². The van der Waals surface area contributed by atoms with Gasteiger partial charge in [-0.3, -0.25) is 0 Å². The van der Waals surface area contributed by atoms with Gasteiger partial charge in [0, 0.05) is 16.1 Å². The van der Waals surface area contributed by atoms with Gasteiger partial charge in [0.25, 0.3) is 0 Å². The van der Waals surface area contributed by atoms with E-state index in [4.69, 9.17) is 0 Å². The summed E-state index contributed by atoms with van der Waals surface area (Å²) >= 11 is 4.99. The fourth-order valence-electron chi connectivity index (χ4n) is 1.79. The van der Waals surface area contributed by atoms with Crippen molar-refractivity contribution in [1.82, 2.24) is 15.0 Å². The van der Waals surface area contributed by atoms with Crippen LogP contribution in [0.15, 0.2) is 57.4 Å². The molecule has 0 amide bonds. The summed E-state index contributed by atoms with van der Waals surface area (Å²) in [7, 11) is 0. The van der Waals surface area contributed by atoms with Gasteiger partial charge in [-0.25, -0.2) is 15.0 Å². The first kappa shape index (κ1) is 12.6. The second-order valence-corrected chi connectivity index (χ2v) is 5.97. The summed E-state index contributed by atoms with van der Waals surface area (Å²) in [6, 6.07) is 10.1. The fourth-order valence-corrected chi connectivity index (χ4v) is 3.12. The summed E-state index contributed by atoms with van der Waals surface area (Å²) in [4.78, 5) is 13.1. The zero-order valence-electron chi connectivity index (χ0n) is 10.2. The van der Waals surface area contributed by atoms with E-state index in [1.807, 2.05) is 31.2 Å². The molecule has 0 saturated heterocycles. The first-order valence-electron chi connectivity index (χ1n) is 5.74. The molecule has 0 bridgehead atoms. The van der Waals surface area contributed by atoms with E-state index in [0.29, 0.717) is 0 Å². The molecule has 0 N–H and O–H groups in total. The third kappa shape index (κ3) is 2.62. The lowest BCUT2D eigenvalue weighted by Crippen LogP contribution is -1.89. The van der Waals surface area contributed by atoms with Crippen LogP contribution in [0.4, 0.5) is 0 Å². The SMILES string of the molecule is Cc1cc(Br)cnc1Sc1ncnc2ccccc12. The van der Waals surface area contributed by atoms with E-state index in [9.17, 15) is 0 Å². The molecule has 0 atom stereocenters. The molecule has 0 spiro atoms. The molecule has 0 unspecified atom stereocenters. The van der Waals surface area contributed by atoms with Crippen molar-refractivity contribution in [2.24, 2.45) is 0 Å². The number of hydrogen-bond donors (Lipinski definition) is 0. The lowest BCUT2D eigenvalue weighted by molar-refractivity contribution is 1.05. The van der Waals surface area contributed by atoms with Crippen LogP contribution in [-0.4, -0.2) is 15.0 Å². The van der Waals surface area contributed by atoms with Crippen LogP contribution in [0.5, 0.6) is 0 Å². The minimum atomic E-state index is 0.934. The van der Waals surface area contributed by atoms with E-state index in [0.717, 1.165) is 31.0 Å². The number of aromatic nitrogens is 3.